The lowest BCUT2D eigenvalue weighted by Gasteiger charge is -2.14. The number of fused-ring (bicyclic) bond motifs is 1. The first-order valence-corrected chi connectivity index (χ1v) is 10.3. The number of rotatable bonds is 9. The van der Waals surface area contributed by atoms with Crippen LogP contribution < -0.4 is 15.7 Å². The zero-order valence-electron chi connectivity index (χ0n) is 18.0. The van der Waals surface area contributed by atoms with E-state index in [2.05, 4.69) is 5.32 Å². The number of carbonyl (C=O) groups is 2. The Kier molecular flexibility index (Phi) is 7.12. The van der Waals surface area contributed by atoms with Crippen LogP contribution in [0.5, 0.6) is 5.75 Å². The summed E-state index contributed by atoms with van der Waals surface area (Å²) in [4.78, 5) is 37.4. The zero-order chi connectivity index (χ0) is 22.4. The van der Waals surface area contributed by atoms with E-state index in [0.29, 0.717) is 18.0 Å². The Morgan fingerprint density at radius 2 is 1.61 bits per heavy atom. The van der Waals surface area contributed by atoms with Gasteiger partial charge >= 0.3 is 11.7 Å². The second-order valence-electron chi connectivity index (χ2n) is 7.17. The molecule has 164 valence electrons. The largest absolute Gasteiger partial charge is 0.497 e. The van der Waals surface area contributed by atoms with Gasteiger partial charge < -0.3 is 14.8 Å². The van der Waals surface area contributed by atoms with Crippen LogP contribution in [0, 0.1) is 0 Å². The number of esters is 1. The predicted octanol–water partition coefficient (Wildman–Crippen LogP) is 3.18. The number of anilines is 1. The molecule has 0 saturated carbocycles. The van der Waals surface area contributed by atoms with Crippen LogP contribution >= 0.6 is 0 Å². The van der Waals surface area contributed by atoms with Gasteiger partial charge in [0, 0.05) is 18.8 Å². The second kappa shape index (κ2) is 9.97. The fourth-order valence-electron chi connectivity index (χ4n) is 3.36. The molecule has 1 N–H and O–H groups in total. The molecule has 0 saturated heterocycles. The Labute approximate surface area is 180 Å². The number of ether oxygens (including phenoxy) is 2. The van der Waals surface area contributed by atoms with Crippen molar-refractivity contribution in [3.63, 3.8) is 0 Å². The van der Waals surface area contributed by atoms with Crippen molar-refractivity contribution in [1.29, 1.82) is 0 Å². The predicted molar refractivity (Wildman–Crippen MR) is 118 cm³/mol. The Morgan fingerprint density at radius 1 is 1.00 bits per heavy atom. The molecule has 2 aromatic carbocycles. The molecule has 1 amide bonds. The molecule has 0 fully saturated rings. The summed E-state index contributed by atoms with van der Waals surface area (Å²) in [7, 11) is 1.56. The summed E-state index contributed by atoms with van der Waals surface area (Å²) in [5, 5.41) is 2.69. The number of methoxy groups -OCH3 is 1. The molecule has 1 aromatic heterocycles. The highest BCUT2D eigenvalue weighted by molar-refractivity contribution is 5.95. The first-order chi connectivity index (χ1) is 14.9. The van der Waals surface area contributed by atoms with Crippen molar-refractivity contribution >= 4 is 28.6 Å². The highest BCUT2D eigenvalue weighted by Gasteiger charge is 2.19. The third kappa shape index (κ3) is 5.14. The van der Waals surface area contributed by atoms with Crippen molar-refractivity contribution in [1.82, 2.24) is 9.13 Å². The number of nitrogens with one attached hydrogen (secondary N) is 1. The Balaban J connectivity index is 1.60. The summed E-state index contributed by atoms with van der Waals surface area (Å²) in [6.07, 6.45) is -0.149. The molecule has 0 radical (unpaired) electrons. The molecule has 1 atom stereocenters. The van der Waals surface area contributed by atoms with Gasteiger partial charge in [-0.3, -0.25) is 18.7 Å². The van der Waals surface area contributed by atoms with Gasteiger partial charge in [0.2, 0.25) is 0 Å². The van der Waals surface area contributed by atoms with Gasteiger partial charge in [-0.1, -0.05) is 19.1 Å². The number of hydrogen-bond donors (Lipinski definition) is 1. The topological polar surface area (TPSA) is 91.6 Å². The van der Waals surface area contributed by atoms with Gasteiger partial charge in [-0.25, -0.2) is 4.79 Å². The molecule has 3 aromatic rings. The van der Waals surface area contributed by atoms with Crippen LogP contribution in [0.25, 0.3) is 11.0 Å². The quantitative estimate of drug-likeness (QED) is 0.532. The van der Waals surface area contributed by atoms with Crippen LogP contribution in [0.1, 0.15) is 26.7 Å². The molecule has 0 spiro atoms. The highest BCUT2D eigenvalue weighted by Crippen LogP contribution is 2.16. The number of aryl methyl sites for hydroxylation is 2. The van der Waals surface area contributed by atoms with E-state index in [1.54, 1.807) is 40.5 Å². The van der Waals surface area contributed by atoms with Gasteiger partial charge in [-0.2, -0.15) is 0 Å². The molecule has 1 heterocycles. The summed E-state index contributed by atoms with van der Waals surface area (Å²) in [6.45, 7) is 4.31. The van der Waals surface area contributed by atoms with E-state index in [0.717, 1.165) is 17.5 Å². The minimum Gasteiger partial charge on any atom is -0.497 e. The molecule has 0 aliphatic rings. The third-order valence-electron chi connectivity index (χ3n) is 4.95. The monoisotopic (exact) mass is 425 g/mol. The number of hydrogen-bond acceptors (Lipinski definition) is 5. The number of carbonyl (C=O) groups excluding carboxylic acids is 2. The maximum absolute atomic E-state index is 12.8. The fraction of sp³-hybridized carbons (Fsp3) is 0.348. The van der Waals surface area contributed by atoms with Crippen LogP contribution in [0.15, 0.2) is 53.3 Å². The van der Waals surface area contributed by atoms with Crippen molar-refractivity contribution < 1.29 is 19.1 Å². The van der Waals surface area contributed by atoms with Gasteiger partial charge in [-0.15, -0.1) is 0 Å². The van der Waals surface area contributed by atoms with Crippen molar-refractivity contribution in [3.8, 4) is 5.75 Å². The molecule has 3 rings (SSSR count). The Bertz CT molecular complexity index is 1110. The van der Waals surface area contributed by atoms with Gasteiger partial charge in [-0.05, 0) is 49.7 Å². The van der Waals surface area contributed by atoms with E-state index >= 15 is 0 Å². The van der Waals surface area contributed by atoms with E-state index in [-0.39, 0.29) is 18.7 Å². The average Bonchev–Trinajstić information content (AvgIpc) is 3.04. The first-order valence-electron chi connectivity index (χ1n) is 10.3. The second-order valence-corrected chi connectivity index (χ2v) is 7.17. The SMILES string of the molecule is CCCn1c(=O)n(CCC(=O)O[C@H](C)C(=O)Nc2ccc(OC)cc2)c2ccccc21. The Morgan fingerprint density at radius 3 is 2.19 bits per heavy atom. The lowest BCUT2D eigenvalue weighted by molar-refractivity contribution is -0.153. The van der Waals surface area contributed by atoms with E-state index in [9.17, 15) is 14.4 Å². The van der Waals surface area contributed by atoms with E-state index in [4.69, 9.17) is 9.47 Å². The lowest BCUT2D eigenvalue weighted by atomic mass is 10.3. The molecule has 0 aliphatic carbocycles. The van der Waals surface area contributed by atoms with Crippen molar-refractivity contribution in [2.75, 3.05) is 12.4 Å². The summed E-state index contributed by atoms with van der Waals surface area (Å²) >= 11 is 0. The molecule has 0 unspecified atom stereocenters. The van der Waals surface area contributed by atoms with Crippen molar-refractivity contribution in [2.45, 2.75) is 45.9 Å². The molecular weight excluding hydrogens is 398 g/mol. The maximum atomic E-state index is 12.8. The van der Waals surface area contributed by atoms with Crippen LogP contribution in [0.4, 0.5) is 5.69 Å². The van der Waals surface area contributed by atoms with Gasteiger partial charge in [0.25, 0.3) is 5.91 Å². The minimum absolute atomic E-state index is 0.0137. The van der Waals surface area contributed by atoms with Crippen LogP contribution in [-0.4, -0.2) is 34.2 Å². The van der Waals surface area contributed by atoms with E-state index in [1.165, 1.54) is 6.92 Å². The number of imidazole rings is 1. The van der Waals surface area contributed by atoms with Crippen LogP contribution in [0.3, 0.4) is 0 Å². The summed E-state index contributed by atoms with van der Waals surface area (Å²) in [5.41, 5.74) is 2.04. The minimum atomic E-state index is -0.965. The van der Waals surface area contributed by atoms with Gasteiger partial charge in [0.15, 0.2) is 6.10 Å². The van der Waals surface area contributed by atoms with Crippen molar-refractivity contribution in [3.05, 3.63) is 59.0 Å². The summed E-state index contributed by atoms with van der Waals surface area (Å²) in [6, 6.07) is 14.3. The molecule has 8 nitrogen and oxygen atoms in total. The van der Waals surface area contributed by atoms with E-state index in [1.807, 2.05) is 31.2 Å². The van der Waals surface area contributed by atoms with Crippen molar-refractivity contribution in [2.24, 2.45) is 0 Å². The third-order valence-corrected chi connectivity index (χ3v) is 4.95. The average molecular weight is 425 g/mol. The molecule has 8 heteroatoms. The number of para-hydroxylation sites is 2. The molecule has 0 bridgehead atoms. The normalized spacial score (nSPS) is 11.8. The smallest absolute Gasteiger partial charge is 0.329 e. The van der Waals surface area contributed by atoms with Crippen LogP contribution in [0.2, 0.25) is 0 Å². The number of amides is 1. The highest BCUT2D eigenvalue weighted by atomic mass is 16.5. The van der Waals surface area contributed by atoms with E-state index < -0.39 is 18.0 Å². The molecule has 0 aliphatic heterocycles. The Hall–Kier alpha value is -3.55. The maximum Gasteiger partial charge on any atom is 0.329 e. The number of nitrogens with zero attached hydrogens (tertiary/aromatic N) is 2. The summed E-state index contributed by atoms with van der Waals surface area (Å²) in [5.74, 6) is -0.306. The molecular formula is C23H27N3O5. The number of benzene rings is 2. The standard InChI is InChI=1S/C23H27N3O5/c1-4-14-25-19-7-5-6-8-20(19)26(23(25)29)15-13-21(27)31-16(2)22(28)24-17-9-11-18(30-3)12-10-17/h5-12,16H,4,13-15H2,1-3H3,(H,24,28)/t16-/m1/s1. The lowest BCUT2D eigenvalue weighted by Crippen LogP contribution is -2.31. The molecule has 31 heavy (non-hydrogen) atoms. The zero-order valence-corrected chi connectivity index (χ0v) is 18.0. The summed E-state index contributed by atoms with van der Waals surface area (Å²) < 4.78 is 13.6. The number of aromatic nitrogens is 2. The first kappa shape index (κ1) is 22.1. The van der Waals surface area contributed by atoms with Crippen LogP contribution in [-0.2, 0) is 27.4 Å². The fourth-order valence-corrected chi connectivity index (χ4v) is 3.36. The van der Waals surface area contributed by atoms with Gasteiger partial charge in [0.05, 0.1) is 24.6 Å². The van der Waals surface area contributed by atoms with Gasteiger partial charge in [0.1, 0.15) is 5.75 Å².